The molecular weight excluding hydrogens is 551 g/mol. The van der Waals surface area contributed by atoms with Crippen molar-refractivity contribution in [1.29, 1.82) is 0 Å². The molecule has 2 aromatic heterocycles. The smallest absolute Gasteiger partial charge is 0.260 e. The molecule has 0 atom stereocenters. The second kappa shape index (κ2) is 10.4. The van der Waals surface area contributed by atoms with Crippen molar-refractivity contribution in [2.75, 3.05) is 0 Å². The fraction of sp³-hybridized carbons (Fsp3) is 0. The van der Waals surface area contributed by atoms with E-state index in [0.717, 1.165) is 84.2 Å². The molecule has 0 aliphatic carbocycles. The van der Waals surface area contributed by atoms with Crippen LogP contribution in [0.2, 0.25) is 0 Å². The molecule has 45 heavy (non-hydrogen) atoms. The monoisotopic (exact) mass is 576 g/mol. The van der Waals surface area contributed by atoms with Gasteiger partial charge in [0.05, 0.1) is 11.4 Å². The van der Waals surface area contributed by atoms with E-state index in [-0.39, 0.29) is 6.71 Å². The van der Waals surface area contributed by atoms with Crippen molar-refractivity contribution >= 4 is 23.1 Å². The Balaban J connectivity index is 1.13. The Labute approximate surface area is 261 Å². The number of pyridine rings is 2. The number of hydrogen-bond acceptors (Lipinski definition) is 4. The van der Waals surface area contributed by atoms with Crippen molar-refractivity contribution in [3.63, 3.8) is 0 Å². The lowest BCUT2D eigenvalue weighted by molar-refractivity contribution is 0.464. The molecule has 2 aliphatic rings. The number of benzene rings is 5. The van der Waals surface area contributed by atoms with Crippen LogP contribution < -0.4 is 25.9 Å². The molecule has 4 nitrogen and oxygen atoms in total. The van der Waals surface area contributed by atoms with Gasteiger partial charge < -0.3 is 9.47 Å². The predicted molar refractivity (Wildman–Crippen MR) is 181 cm³/mol. The third-order valence-electron chi connectivity index (χ3n) is 8.75. The van der Waals surface area contributed by atoms with Crippen LogP contribution in [0.4, 0.5) is 0 Å². The molecular formula is C40H25BN2O2. The van der Waals surface area contributed by atoms with Gasteiger partial charge in [0.25, 0.3) is 6.71 Å². The van der Waals surface area contributed by atoms with Crippen molar-refractivity contribution in [2.45, 2.75) is 0 Å². The van der Waals surface area contributed by atoms with Crippen molar-refractivity contribution < 1.29 is 9.47 Å². The first-order valence-electron chi connectivity index (χ1n) is 15.1. The molecule has 7 aromatic rings. The molecule has 9 rings (SSSR count). The van der Waals surface area contributed by atoms with Gasteiger partial charge in [-0.05, 0) is 81.7 Å². The summed E-state index contributed by atoms with van der Waals surface area (Å²) in [6.45, 7) is -0.0239. The van der Waals surface area contributed by atoms with Crippen molar-refractivity contribution in [2.24, 2.45) is 0 Å². The number of hydrogen-bond donors (Lipinski definition) is 0. The second-order valence-corrected chi connectivity index (χ2v) is 11.4. The molecule has 0 saturated heterocycles. The van der Waals surface area contributed by atoms with Gasteiger partial charge in [0.2, 0.25) is 0 Å². The fourth-order valence-corrected chi connectivity index (χ4v) is 6.53. The van der Waals surface area contributed by atoms with Crippen LogP contribution in [0.15, 0.2) is 152 Å². The summed E-state index contributed by atoms with van der Waals surface area (Å²) in [4.78, 5) is 9.01. The zero-order chi connectivity index (χ0) is 29.7. The summed E-state index contributed by atoms with van der Waals surface area (Å²) in [5, 5.41) is 0. The van der Waals surface area contributed by atoms with Crippen molar-refractivity contribution in [3.8, 4) is 67.8 Å². The van der Waals surface area contributed by atoms with Gasteiger partial charge in [0, 0.05) is 29.0 Å². The molecule has 5 aromatic carbocycles. The topological polar surface area (TPSA) is 44.2 Å². The number of rotatable bonds is 4. The highest BCUT2D eigenvalue weighted by molar-refractivity contribution is 6.98. The van der Waals surface area contributed by atoms with E-state index in [4.69, 9.17) is 9.47 Å². The van der Waals surface area contributed by atoms with Gasteiger partial charge in [-0.1, -0.05) is 91.0 Å². The molecule has 0 unspecified atom stereocenters. The van der Waals surface area contributed by atoms with E-state index in [9.17, 15) is 0 Å². The van der Waals surface area contributed by atoms with Crippen LogP contribution in [0.1, 0.15) is 0 Å². The fourth-order valence-electron chi connectivity index (χ4n) is 6.53. The summed E-state index contributed by atoms with van der Waals surface area (Å²) in [7, 11) is 0. The maximum Gasteiger partial charge on any atom is 0.260 e. The van der Waals surface area contributed by atoms with Crippen LogP contribution in [0.25, 0.3) is 44.8 Å². The minimum atomic E-state index is -0.0239. The van der Waals surface area contributed by atoms with Gasteiger partial charge in [0.15, 0.2) is 0 Å². The van der Waals surface area contributed by atoms with Gasteiger partial charge in [-0.15, -0.1) is 0 Å². The minimum absolute atomic E-state index is 0.0239. The Morgan fingerprint density at radius 2 is 0.822 bits per heavy atom. The average Bonchev–Trinajstić information content (AvgIpc) is 3.12. The Morgan fingerprint density at radius 1 is 0.378 bits per heavy atom. The molecule has 0 amide bonds. The predicted octanol–water partition coefficient (Wildman–Crippen LogP) is 7.87. The summed E-state index contributed by atoms with van der Waals surface area (Å²) in [5.74, 6) is 3.43. The largest absolute Gasteiger partial charge is 0.458 e. The van der Waals surface area contributed by atoms with E-state index in [2.05, 4.69) is 94.9 Å². The van der Waals surface area contributed by atoms with Gasteiger partial charge >= 0.3 is 0 Å². The van der Waals surface area contributed by atoms with E-state index in [1.54, 1.807) is 0 Å². The van der Waals surface area contributed by atoms with E-state index in [1.165, 1.54) is 0 Å². The molecule has 5 heteroatoms. The highest BCUT2D eigenvalue weighted by atomic mass is 16.5. The van der Waals surface area contributed by atoms with Crippen LogP contribution in [0.3, 0.4) is 0 Å². The Morgan fingerprint density at radius 3 is 1.27 bits per heavy atom. The third kappa shape index (κ3) is 4.40. The summed E-state index contributed by atoms with van der Waals surface area (Å²) >= 11 is 0. The Bertz CT molecular complexity index is 2050. The van der Waals surface area contributed by atoms with Gasteiger partial charge in [-0.25, -0.2) is 0 Å². The first kappa shape index (κ1) is 25.6. The second-order valence-electron chi connectivity index (χ2n) is 11.4. The lowest BCUT2D eigenvalue weighted by Crippen LogP contribution is -2.57. The SMILES string of the molecule is c1ccc(-c2ccc(-c3ccc4c(c3)B3c5cc(-c6ccc(-c7ccccn7)cc6)ccc5Oc5cccc(c53)O4)cc2)nc1. The molecule has 0 N–H and O–H groups in total. The van der Waals surface area contributed by atoms with E-state index in [1.807, 2.05) is 67.0 Å². The van der Waals surface area contributed by atoms with Crippen LogP contribution in [0, 0.1) is 0 Å². The van der Waals surface area contributed by atoms with Crippen molar-refractivity contribution in [3.05, 3.63) is 152 Å². The van der Waals surface area contributed by atoms with E-state index >= 15 is 0 Å². The number of nitrogens with zero attached hydrogens (tertiary/aromatic N) is 2. The number of aromatic nitrogens is 2. The maximum absolute atomic E-state index is 6.48. The van der Waals surface area contributed by atoms with Gasteiger partial charge in [-0.2, -0.15) is 0 Å². The number of ether oxygens (including phenoxy) is 2. The Hall–Kier alpha value is -5.94. The first-order chi connectivity index (χ1) is 22.3. The normalized spacial score (nSPS) is 12.3. The molecule has 4 heterocycles. The van der Waals surface area contributed by atoms with Crippen molar-refractivity contribution in [1.82, 2.24) is 9.97 Å². The highest BCUT2D eigenvalue weighted by Crippen LogP contribution is 2.37. The van der Waals surface area contributed by atoms with Crippen LogP contribution in [0.5, 0.6) is 23.0 Å². The van der Waals surface area contributed by atoms with Gasteiger partial charge in [0.1, 0.15) is 23.0 Å². The quantitative estimate of drug-likeness (QED) is 0.200. The zero-order valence-electron chi connectivity index (χ0n) is 24.2. The van der Waals surface area contributed by atoms with Crippen LogP contribution in [-0.2, 0) is 0 Å². The lowest BCUT2D eigenvalue weighted by Gasteiger charge is -2.33. The molecule has 2 aliphatic heterocycles. The van der Waals surface area contributed by atoms with Gasteiger partial charge in [-0.3, -0.25) is 9.97 Å². The highest BCUT2D eigenvalue weighted by Gasteiger charge is 2.40. The summed E-state index contributed by atoms with van der Waals surface area (Å²) in [6.07, 6.45) is 3.65. The van der Waals surface area contributed by atoms with E-state index in [0.29, 0.717) is 0 Å². The molecule has 0 saturated carbocycles. The molecule has 0 fully saturated rings. The average molecular weight is 576 g/mol. The first-order valence-corrected chi connectivity index (χ1v) is 15.1. The molecule has 210 valence electrons. The maximum atomic E-state index is 6.48. The summed E-state index contributed by atoms with van der Waals surface area (Å²) < 4.78 is 13.0. The summed E-state index contributed by atoms with van der Waals surface area (Å²) in [5.41, 5.74) is 12.0. The molecule has 0 bridgehead atoms. The Kier molecular flexibility index (Phi) is 5.88. The minimum Gasteiger partial charge on any atom is -0.458 e. The zero-order valence-corrected chi connectivity index (χ0v) is 24.2. The van der Waals surface area contributed by atoms with Crippen LogP contribution in [-0.4, -0.2) is 16.7 Å². The summed E-state index contributed by atoms with van der Waals surface area (Å²) in [6, 6.07) is 48.3. The van der Waals surface area contributed by atoms with Crippen LogP contribution >= 0.6 is 0 Å². The standard InChI is InChI=1S/C40H25BN2O2/c1-3-22-42-34(6-1)28-14-10-26(11-15-28)30-18-20-36-32(24-30)41-33-25-31(27-12-16-29(17-13-27)35-7-2-4-23-43-35)19-21-37(33)45-39-9-5-8-38(44-36)40(39)41/h1-25H. The van der Waals surface area contributed by atoms with E-state index < -0.39 is 0 Å². The lowest BCUT2D eigenvalue weighted by atomic mass is 9.34. The molecule has 0 radical (unpaired) electrons. The third-order valence-corrected chi connectivity index (χ3v) is 8.75. The molecule has 0 spiro atoms. The number of fused-ring (bicyclic) bond motifs is 4.